The molecule has 0 amide bonds. The lowest BCUT2D eigenvalue weighted by atomic mass is 9.99. The lowest BCUT2D eigenvalue weighted by Crippen LogP contribution is -2.34. The maximum Gasteiger partial charge on any atom is 0.140 e. The molecule has 5 heteroatoms. The molecule has 94 valence electrons. The summed E-state index contributed by atoms with van der Waals surface area (Å²) in [5, 5.41) is 7.42. The van der Waals surface area contributed by atoms with Crippen LogP contribution in [0.15, 0.2) is 6.33 Å². The van der Waals surface area contributed by atoms with Gasteiger partial charge in [-0.15, -0.1) is 0 Å². The molecular formula is C12H20N4O. The van der Waals surface area contributed by atoms with E-state index < -0.39 is 0 Å². The van der Waals surface area contributed by atoms with Gasteiger partial charge in [0, 0.05) is 19.5 Å². The first-order valence-electron chi connectivity index (χ1n) is 6.33. The fourth-order valence-corrected chi connectivity index (χ4v) is 2.25. The van der Waals surface area contributed by atoms with E-state index in [1.807, 2.05) is 7.05 Å². The third-order valence-corrected chi connectivity index (χ3v) is 3.34. The lowest BCUT2D eigenvalue weighted by molar-refractivity contribution is -0.118. The van der Waals surface area contributed by atoms with Crippen molar-refractivity contribution in [2.45, 2.75) is 44.6 Å². The first kappa shape index (κ1) is 12.2. The summed E-state index contributed by atoms with van der Waals surface area (Å²) in [5.74, 6) is 1.01. The Balaban J connectivity index is 1.72. The molecular weight excluding hydrogens is 216 g/mol. The molecule has 5 nitrogen and oxygen atoms in total. The zero-order valence-electron chi connectivity index (χ0n) is 10.4. The number of hydrogen-bond donors (Lipinski definition) is 1. The van der Waals surface area contributed by atoms with Crippen LogP contribution in [0.2, 0.25) is 0 Å². The molecule has 0 aliphatic carbocycles. The minimum absolute atomic E-state index is 0.258. The Bertz CT molecular complexity index is 368. The number of hydrogen-bond acceptors (Lipinski definition) is 4. The normalized spacial score (nSPS) is 20.4. The molecule has 1 fully saturated rings. The quantitative estimate of drug-likeness (QED) is 0.823. The number of aromatic nitrogens is 3. The van der Waals surface area contributed by atoms with Crippen LogP contribution in [-0.4, -0.2) is 33.1 Å². The van der Waals surface area contributed by atoms with E-state index in [2.05, 4.69) is 15.4 Å². The van der Waals surface area contributed by atoms with Crippen LogP contribution in [0.25, 0.3) is 0 Å². The van der Waals surface area contributed by atoms with Crippen molar-refractivity contribution in [3.63, 3.8) is 0 Å². The van der Waals surface area contributed by atoms with Crippen molar-refractivity contribution in [1.82, 2.24) is 20.1 Å². The van der Waals surface area contributed by atoms with Crippen LogP contribution in [-0.2, 0) is 18.3 Å². The third kappa shape index (κ3) is 3.63. The minimum atomic E-state index is 0.258. The zero-order valence-corrected chi connectivity index (χ0v) is 10.4. The average Bonchev–Trinajstić information content (AvgIpc) is 2.74. The summed E-state index contributed by atoms with van der Waals surface area (Å²) in [7, 11) is 1.82. The van der Waals surface area contributed by atoms with Gasteiger partial charge < -0.3 is 5.32 Å². The van der Waals surface area contributed by atoms with E-state index in [0.717, 1.165) is 18.8 Å². The Morgan fingerprint density at radius 1 is 1.59 bits per heavy atom. The van der Waals surface area contributed by atoms with Gasteiger partial charge in [0.05, 0.1) is 6.42 Å². The molecule has 0 spiro atoms. The van der Waals surface area contributed by atoms with E-state index in [1.165, 1.54) is 25.6 Å². The highest BCUT2D eigenvalue weighted by atomic mass is 16.1. The van der Waals surface area contributed by atoms with Crippen LogP contribution in [0.3, 0.4) is 0 Å². The monoisotopic (exact) mass is 236 g/mol. The molecule has 1 saturated heterocycles. The molecule has 1 aromatic rings. The van der Waals surface area contributed by atoms with Crippen LogP contribution in [0.5, 0.6) is 0 Å². The van der Waals surface area contributed by atoms with Gasteiger partial charge in [0.2, 0.25) is 0 Å². The van der Waals surface area contributed by atoms with Gasteiger partial charge in [-0.3, -0.25) is 9.48 Å². The second-order valence-electron chi connectivity index (χ2n) is 4.70. The molecule has 1 unspecified atom stereocenters. The third-order valence-electron chi connectivity index (χ3n) is 3.34. The number of ketones is 1. The molecule has 1 N–H and O–H groups in total. The summed E-state index contributed by atoms with van der Waals surface area (Å²) in [6, 6.07) is 0.534. The van der Waals surface area contributed by atoms with Crippen molar-refractivity contribution in [1.29, 1.82) is 0 Å². The van der Waals surface area contributed by atoms with E-state index in [1.54, 1.807) is 4.68 Å². The van der Waals surface area contributed by atoms with Crippen molar-refractivity contribution in [3.8, 4) is 0 Å². The highest BCUT2D eigenvalue weighted by Crippen LogP contribution is 2.12. The van der Waals surface area contributed by atoms with E-state index >= 15 is 0 Å². The van der Waals surface area contributed by atoms with Crippen molar-refractivity contribution in [2.24, 2.45) is 7.05 Å². The van der Waals surface area contributed by atoms with Crippen LogP contribution in [0.1, 0.15) is 37.9 Å². The van der Waals surface area contributed by atoms with Crippen LogP contribution >= 0.6 is 0 Å². The Morgan fingerprint density at radius 2 is 2.47 bits per heavy atom. The average molecular weight is 236 g/mol. The van der Waals surface area contributed by atoms with E-state index in [0.29, 0.717) is 18.9 Å². The van der Waals surface area contributed by atoms with Crippen molar-refractivity contribution < 1.29 is 4.79 Å². The van der Waals surface area contributed by atoms with Gasteiger partial charge in [-0.05, 0) is 25.8 Å². The summed E-state index contributed by atoms with van der Waals surface area (Å²) < 4.78 is 1.66. The predicted molar refractivity (Wildman–Crippen MR) is 64.6 cm³/mol. The highest BCUT2D eigenvalue weighted by molar-refractivity contribution is 5.80. The molecule has 17 heavy (non-hydrogen) atoms. The molecule has 0 bridgehead atoms. The summed E-state index contributed by atoms with van der Waals surface area (Å²) >= 11 is 0. The Kier molecular flexibility index (Phi) is 4.25. The predicted octanol–water partition coefficient (Wildman–Crippen LogP) is 0.849. The summed E-state index contributed by atoms with van der Waals surface area (Å²) in [4.78, 5) is 15.9. The topological polar surface area (TPSA) is 59.8 Å². The SMILES string of the molecule is Cn1ncnc1CC(=O)CCC1CCCCN1. The molecule has 0 saturated carbocycles. The number of carbonyl (C=O) groups is 1. The van der Waals surface area contributed by atoms with Crippen LogP contribution in [0, 0.1) is 0 Å². The summed E-state index contributed by atoms with van der Waals surface area (Å²) in [6.07, 6.45) is 7.26. The molecule has 1 aliphatic rings. The summed E-state index contributed by atoms with van der Waals surface area (Å²) in [5.41, 5.74) is 0. The van der Waals surface area contributed by atoms with Gasteiger partial charge in [0.15, 0.2) is 0 Å². The van der Waals surface area contributed by atoms with Gasteiger partial charge >= 0.3 is 0 Å². The standard InChI is InChI=1S/C12H20N4O/c1-16-12(14-9-15-16)8-11(17)6-5-10-4-2-3-7-13-10/h9-10,13H,2-8H2,1H3. The molecule has 1 atom stereocenters. The maximum atomic E-state index is 11.8. The van der Waals surface area contributed by atoms with Crippen molar-refractivity contribution in [3.05, 3.63) is 12.2 Å². The van der Waals surface area contributed by atoms with Crippen LogP contribution in [0.4, 0.5) is 0 Å². The number of Topliss-reactive ketones (excluding diaryl/α,β-unsaturated/α-hetero) is 1. The van der Waals surface area contributed by atoms with E-state index in [4.69, 9.17) is 0 Å². The maximum absolute atomic E-state index is 11.8. The van der Waals surface area contributed by atoms with Crippen molar-refractivity contribution >= 4 is 5.78 Å². The lowest BCUT2D eigenvalue weighted by Gasteiger charge is -2.22. The molecule has 2 rings (SSSR count). The fourth-order valence-electron chi connectivity index (χ4n) is 2.25. The van der Waals surface area contributed by atoms with Gasteiger partial charge in [-0.1, -0.05) is 6.42 Å². The second-order valence-corrected chi connectivity index (χ2v) is 4.70. The Labute approximate surface area is 102 Å². The largest absolute Gasteiger partial charge is 0.314 e. The molecule has 1 aromatic heterocycles. The number of aryl methyl sites for hydroxylation is 1. The second kappa shape index (κ2) is 5.91. The highest BCUT2D eigenvalue weighted by Gasteiger charge is 2.15. The molecule has 1 aliphatic heterocycles. The van der Waals surface area contributed by atoms with Crippen molar-refractivity contribution in [2.75, 3.05) is 6.54 Å². The van der Waals surface area contributed by atoms with Gasteiger partial charge in [-0.25, -0.2) is 4.98 Å². The van der Waals surface area contributed by atoms with Crippen LogP contribution < -0.4 is 5.32 Å². The minimum Gasteiger partial charge on any atom is -0.314 e. The zero-order chi connectivity index (χ0) is 12.1. The van der Waals surface area contributed by atoms with Gasteiger partial charge in [0.25, 0.3) is 0 Å². The van der Waals surface area contributed by atoms with Gasteiger partial charge in [-0.2, -0.15) is 5.10 Å². The number of carbonyl (C=O) groups excluding carboxylic acids is 1. The first-order chi connectivity index (χ1) is 8.25. The smallest absolute Gasteiger partial charge is 0.140 e. The molecule has 0 aromatic carbocycles. The van der Waals surface area contributed by atoms with Gasteiger partial charge in [0.1, 0.15) is 17.9 Å². The fraction of sp³-hybridized carbons (Fsp3) is 0.750. The van der Waals surface area contributed by atoms with E-state index in [9.17, 15) is 4.79 Å². The number of piperidine rings is 1. The first-order valence-corrected chi connectivity index (χ1v) is 6.33. The Hall–Kier alpha value is -1.23. The molecule has 2 heterocycles. The number of rotatable bonds is 5. The number of nitrogens with one attached hydrogen (secondary N) is 1. The number of nitrogens with zero attached hydrogens (tertiary/aromatic N) is 3. The van der Waals surface area contributed by atoms with E-state index in [-0.39, 0.29) is 5.78 Å². The Morgan fingerprint density at radius 3 is 3.12 bits per heavy atom. The summed E-state index contributed by atoms with van der Waals surface area (Å²) in [6.45, 7) is 1.10. The molecule has 0 radical (unpaired) electrons.